The van der Waals surface area contributed by atoms with Crippen LogP contribution >= 0.6 is 0 Å². The van der Waals surface area contributed by atoms with Crippen LogP contribution in [0.25, 0.3) is 0 Å². The minimum absolute atomic E-state index is 0. The number of quaternary nitrogens is 1. The summed E-state index contributed by atoms with van der Waals surface area (Å²) in [5.41, 5.74) is 0. The Balaban J connectivity index is 0. The number of nitrogens with zero attached hydrogens (tertiary/aromatic N) is 1. The van der Waals surface area contributed by atoms with Gasteiger partial charge in [0.25, 0.3) is 0 Å². The van der Waals surface area contributed by atoms with E-state index in [0.717, 1.165) is 4.48 Å². The van der Waals surface area contributed by atoms with Crippen LogP contribution in [0.15, 0.2) is 24.4 Å². The molecule has 2 heteroatoms. The van der Waals surface area contributed by atoms with Gasteiger partial charge in [-0.2, -0.15) is 0 Å². The SMILES string of the molecule is CCCCCCCCCCCCCCCCC=CC(C)[N+](C)(C)C=CCCCCCCCCCCCCCCCC.[Cl-]. The first-order chi connectivity index (χ1) is 20.0. The third-order valence-corrected chi connectivity index (χ3v) is 9.40. The van der Waals surface area contributed by atoms with E-state index in [4.69, 9.17) is 0 Å². The van der Waals surface area contributed by atoms with Gasteiger partial charge in [-0.15, -0.1) is 0 Å². The highest BCUT2D eigenvalue weighted by Crippen LogP contribution is 2.16. The number of unbranched alkanes of at least 4 members (excludes halogenated alkanes) is 28. The van der Waals surface area contributed by atoms with Crippen molar-refractivity contribution in [1.29, 1.82) is 0 Å². The van der Waals surface area contributed by atoms with Crippen molar-refractivity contribution >= 4 is 0 Å². The largest absolute Gasteiger partial charge is 1.00 e. The Hall–Kier alpha value is -0.270. The fraction of sp³-hybridized carbons (Fsp3) is 0.900. The second-order valence-electron chi connectivity index (χ2n) is 14.0. The highest BCUT2D eigenvalue weighted by molar-refractivity contribution is 4.89. The van der Waals surface area contributed by atoms with E-state index in [1.807, 2.05) is 0 Å². The quantitative estimate of drug-likeness (QED) is 0.0394. The molecule has 0 aliphatic rings. The molecule has 0 aliphatic carbocycles. The molecule has 0 aromatic carbocycles. The second kappa shape index (κ2) is 35.2. The van der Waals surface area contributed by atoms with Gasteiger partial charge in [0.1, 0.15) is 6.04 Å². The molecule has 0 rings (SSSR count). The Morgan fingerprint density at radius 1 is 0.405 bits per heavy atom. The molecule has 0 spiro atoms. The van der Waals surface area contributed by atoms with Gasteiger partial charge in [-0.05, 0) is 44.8 Å². The number of halogens is 1. The normalized spacial score (nSPS) is 12.9. The first-order valence-corrected chi connectivity index (χ1v) is 19.2. The van der Waals surface area contributed by atoms with Gasteiger partial charge in [0.15, 0.2) is 0 Å². The summed E-state index contributed by atoms with van der Waals surface area (Å²) in [5, 5.41) is 0. The molecule has 0 radical (unpaired) electrons. The van der Waals surface area contributed by atoms with Gasteiger partial charge < -0.3 is 12.4 Å². The Morgan fingerprint density at radius 2 is 0.667 bits per heavy atom. The molecule has 0 bridgehead atoms. The number of hydrogen-bond donors (Lipinski definition) is 0. The van der Waals surface area contributed by atoms with Crippen LogP contribution in [0.3, 0.4) is 0 Å². The number of allylic oxidation sites excluding steroid dienone is 2. The molecule has 1 nitrogen and oxygen atoms in total. The van der Waals surface area contributed by atoms with E-state index in [-0.39, 0.29) is 12.4 Å². The van der Waals surface area contributed by atoms with Gasteiger partial charge in [0, 0.05) is 0 Å². The maximum Gasteiger partial charge on any atom is 0.109 e. The molecule has 1 atom stereocenters. The van der Waals surface area contributed by atoms with Crippen molar-refractivity contribution in [3.8, 4) is 0 Å². The van der Waals surface area contributed by atoms with Crippen molar-refractivity contribution in [3.63, 3.8) is 0 Å². The summed E-state index contributed by atoms with van der Waals surface area (Å²) in [5.74, 6) is 0. The molecule has 0 fully saturated rings. The van der Waals surface area contributed by atoms with E-state index in [1.54, 1.807) is 0 Å². The van der Waals surface area contributed by atoms with E-state index in [0.29, 0.717) is 6.04 Å². The zero-order valence-corrected chi connectivity index (χ0v) is 30.7. The fourth-order valence-electron chi connectivity index (χ4n) is 5.91. The summed E-state index contributed by atoms with van der Waals surface area (Å²) in [6.07, 6.45) is 52.6. The maximum atomic E-state index is 2.46. The average molecular weight is 611 g/mol. The lowest BCUT2D eigenvalue weighted by atomic mass is 10.0. The van der Waals surface area contributed by atoms with E-state index in [9.17, 15) is 0 Å². The van der Waals surface area contributed by atoms with E-state index in [1.165, 1.54) is 193 Å². The van der Waals surface area contributed by atoms with Crippen molar-refractivity contribution < 1.29 is 16.9 Å². The predicted molar refractivity (Wildman–Crippen MR) is 190 cm³/mol. The van der Waals surface area contributed by atoms with Crippen LogP contribution in [0.4, 0.5) is 0 Å². The lowest BCUT2D eigenvalue weighted by Crippen LogP contribution is -3.00. The molecule has 0 aromatic rings. The summed E-state index contributed by atoms with van der Waals surface area (Å²) in [6.45, 7) is 6.98. The van der Waals surface area contributed by atoms with Crippen LogP contribution in [0.1, 0.15) is 213 Å². The topological polar surface area (TPSA) is 0 Å². The first kappa shape index (κ1) is 43.9. The highest BCUT2D eigenvalue weighted by Gasteiger charge is 2.17. The van der Waals surface area contributed by atoms with E-state index < -0.39 is 0 Å². The van der Waals surface area contributed by atoms with Crippen molar-refractivity contribution in [3.05, 3.63) is 24.4 Å². The van der Waals surface area contributed by atoms with Gasteiger partial charge in [-0.3, -0.25) is 4.48 Å². The van der Waals surface area contributed by atoms with Gasteiger partial charge in [0.05, 0.1) is 20.3 Å². The molecular formula is C40H80ClN. The summed E-state index contributed by atoms with van der Waals surface area (Å²) < 4.78 is 0.966. The zero-order chi connectivity index (χ0) is 30.1. The first-order valence-electron chi connectivity index (χ1n) is 19.2. The molecule has 0 heterocycles. The van der Waals surface area contributed by atoms with Gasteiger partial charge >= 0.3 is 0 Å². The standard InChI is InChI=1S/C40H80N.ClH/c1-6-8-10-12-14-16-18-20-22-24-26-28-30-32-34-36-38-40(3)41(4,5)39-37-35-33-31-29-27-25-23-21-19-17-15-13-11-9-7-2;/h36-40H,6-35H2,1-5H3;1H/q+1;/p-1. The number of rotatable bonds is 33. The minimum Gasteiger partial charge on any atom is -1.00 e. The molecule has 252 valence electrons. The number of likely N-dealkylation sites (N-methyl/N-ethyl adjacent to an activating group) is 1. The summed E-state index contributed by atoms with van der Waals surface area (Å²) in [4.78, 5) is 0. The summed E-state index contributed by atoms with van der Waals surface area (Å²) in [7, 11) is 4.70. The lowest BCUT2D eigenvalue weighted by molar-refractivity contribution is -0.856. The third kappa shape index (κ3) is 32.6. The number of hydrogen-bond acceptors (Lipinski definition) is 0. The van der Waals surface area contributed by atoms with Crippen LogP contribution in [0, 0.1) is 0 Å². The van der Waals surface area contributed by atoms with Gasteiger partial charge in [-0.25, -0.2) is 0 Å². The van der Waals surface area contributed by atoms with Crippen LogP contribution < -0.4 is 12.4 Å². The van der Waals surface area contributed by atoms with Crippen LogP contribution in [0.2, 0.25) is 0 Å². The Bertz CT molecular complexity index is 552. The van der Waals surface area contributed by atoms with Crippen LogP contribution in [0.5, 0.6) is 0 Å². The summed E-state index contributed by atoms with van der Waals surface area (Å²) >= 11 is 0. The monoisotopic (exact) mass is 610 g/mol. The van der Waals surface area contributed by atoms with Gasteiger partial charge in [-0.1, -0.05) is 187 Å². The third-order valence-electron chi connectivity index (χ3n) is 9.40. The van der Waals surface area contributed by atoms with Crippen molar-refractivity contribution in [2.75, 3.05) is 14.1 Å². The molecule has 0 aromatic heterocycles. The molecule has 42 heavy (non-hydrogen) atoms. The van der Waals surface area contributed by atoms with Crippen LogP contribution in [-0.2, 0) is 0 Å². The molecule has 0 N–H and O–H groups in total. The van der Waals surface area contributed by atoms with Gasteiger partial charge in [0.2, 0.25) is 0 Å². The average Bonchev–Trinajstić information content (AvgIpc) is 2.96. The second-order valence-corrected chi connectivity index (χ2v) is 14.0. The fourth-order valence-corrected chi connectivity index (χ4v) is 5.91. The zero-order valence-electron chi connectivity index (χ0n) is 29.9. The van der Waals surface area contributed by atoms with E-state index >= 15 is 0 Å². The Kier molecular flexibility index (Phi) is 36.8. The summed E-state index contributed by atoms with van der Waals surface area (Å²) in [6, 6.07) is 0.550. The Morgan fingerprint density at radius 3 is 0.976 bits per heavy atom. The maximum absolute atomic E-state index is 2.46. The van der Waals surface area contributed by atoms with Crippen LogP contribution in [-0.4, -0.2) is 24.6 Å². The predicted octanol–water partition coefficient (Wildman–Crippen LogP) is 11.3. The molecule has 0 saturated carbocycles. The van der Waals surface area contributed by atoms with Crippen molar-refractivity contribution in [1.82, 2.24) is 0 Å². The molecule has 0 saturated heterocycles. The Labute approximate surface area is 274 Å². The van der Waals surface area contributed by atoms with Crippen molar-refractivity contribution in [2.24, 2.45) is 0 Å². The minimum atomic E-state index is 0. The van der Waals surface area contributed by atoms with Crippen molar-refractivity contribution in [2.45, 2.75) is 219 Å². The molecule has 0 amide bonds. The highest BCUT2D eigenvalue weighted by atomic mass is 35.5. The molecular weight excluding hydrogens is 530 g/mol. The lowest BCUT2D eigenvalue weighted by Gasteiger charge is -2.30. The molecule has 1 unspecified atom stereocenters. The smallest absolute Gasteiger partial charge is 0.109 e. The van der Waals surface area contributed by atoms with E-state index in [2.05, 4.69) is 59.3 Å². The molecule has 0 aliphatic heterocycles.